The number of benzene rings is 2. The second-order valence-corrected chi connectivity index (χ2v) is 5.01. The number of carbonyl (C=O) groups excluding carboxylic acids is 1. The van der Waals surface area contributed by atoms with E-state index in [1.165, 1.54) is 6.07 Å². The minimum absolute atomic E-state index is 0.0726. The lowest BCUT2D eigenvalue weighted by Gasteiger charge is -2.15. The summed E-state index contributed by atoms with van der Waals surface area (Å²) in [5, 5.41) is 8.75. The number of alkyl halides is 3. The van der Waals surface area contributed by atoms with E-state index in [1.54, 1.807) is 6.07 Å². The Bertz CT molecular complexity index is 830. The predicted molar refractivity (Wildman–Crippen MR) is 78.7 cm³/mol. The molecule has 1 amide bonds. The average Bonchev–Trinajstić information content (AvgIpc) is 2.51. The molecule has 0 saturated carbocycles. The van der Waals surface area contributed by atoms with E-state index in [0.29, 0.717) is 6.07 Å². The van der Waals surface area contributed by atoms with Crippen molar-refractivity contribution < 1.29 is 22.4 Å². The van der Waals surface area contributed by atoms with Crippen molar-refractivity contribution in [1.29, 1.82) is 5.26 Å². The van der Waals surface area contributed by atoms with E-state index in [0.717, 1.165) is 24.3 Å². The topological polar surface area (TPSA) is 64.9 Å². The summed E-state index contributed by atoms with van der Waals surface area (Å²) >= 11 is 5.56. The first-order valence-corrected chi connectivity index (χ1v) is 6.73. The summed E-state index contributed by atoms with van der Waals surface area (Å²) in [6.45, 7) is 0. The van der Waals surface area contributed by atoms with Crippen molar-refractivity contribution in [2.45, 2.75) is 6.18 Å². The average molecular weight is 358 g/mol. The third-order valence-corrected chi connectivity index (χ3v) is 3.18. The quantitative estimate of drug-likeness (QED) is 0.641. The molecule has 0 spiro atoms. The standard InChI is InChI=1S/C15H8ClF4N3O/c16-9-2-3-10(12(17)6-9)14(24)23-22-13-4-1-8(7-21)5-11(13)15(18,19)20/h1-6,22H,(H,23,24). The van der Waals surface area contributed by atoms with Gasteiger partial charge in [-0.05, 0) is 36.4 Å². The van der Waals surface area contributed by atoms with Crippen LogP contribution >= 0.6 is 11.6 Å². The number of nitrogens with one attached hydrogen (secondary N) is 2. The number of amides is 1. The summed E-state index contributed by atoms with van der Waals surface area (Å²) < 4.78 is 52.6. The van der Waals surface area contributed by atoms with Crippen LogP contribution < -0.4 is 10.9 Å². The Morgan fingerprint density at radius 3 is 2.46 bits per heavy atom. The van der Waals surface area contributed by atoms with Gasteiger partial charge >= 0.3 is 6.18 Å². The Kier molecular flexibility index (Phi) is 4.95. The molecule has 2 aromatic carbocycles. The van der Waals surface area contributed by atoms with Gasteiger partial charge < -0.3 is 0 Å². The summed E-state index contributed by atoms with van der Waals surface area (Å²) in [7, 11) is 0. The third-order valence-electron chi connectivity index (χ3n) is 2.94. The second-order valence-electron chi connectivity index (χ2n) is 4.57. The van der Waals surface area contributed by atoms with Gasteiger partial charge in [-0.3, -0.25) is 15.6 Å². The number of halogens is 5. The molecular weight excluding hydrogens is 350 g/mol. The molecule has 2 aromatic rings. The number of nitrogens with zero attached hydrogens (tertiary/aromatic N) is 1. The molecular formula is C15H8ClF4N3O. The van der Waals surface area contributed by atoms with Crippen molar-refractivity contribution in [3.63, 3.8) is 0 Å². The number of nitriles is 1. The number of hydrogen-bond donors (Lipinski definition) is 2. The van der Waals surface area contributed by atoms with E-state index in [9.17, 15) is 22.4 Å². The number of rotatable bonds is 3. The van der Waals surface area contributed by atoms with Crippen molar-refractivity contribution in [2.75, 3.05) is 5.43 Å². The zero-order chi connectivity index (χ0) is 17.9. The minimum atomic E-state index is -4.74. The Hall–Kier alpha value is -2.79. The summed E-state index contributed by atoms with van der Waals surface area (Å²) in [6, 6.07) is 7.62. The predicted octanol–water partition coefficient (Wildman–Crippen LogP) is 4.13. The smallest absolute Gasteiger partial charge is 0.298 e. The minimum Gasteiger partial charge on any atom is -0.298 e. The molecule has 0 fully saturated rings. The van der Waals surface area contributed by atoms with Gasteiger partial charge in [0.15, 0.2) is 0 Å². The van der Waals surface area contributed by atoms with Crippen LogP contribution in [0.4, 0.5) is 23.2 Å². The zero-order valence-corrected chi connectivity index (χ0v) is 12.5. The monoisotopic (exact) mass is 357 g/mol. The van der Waals surface area contributed by atoms with E-state index >= 15 is 0 Å². The molecule has 0 aliphatic carbocycles. The fourth-order valence-corrected chi connectivity index (χ4v) is 1.98. The van der Waals surface area contributed by atoms with Gasteiger partial charge in [0.1, 0.15) is 5.82 Å². The van der Waals surface area contributed by atoms with Crippen molar-refractivity contribution in [1.82, 2.24) is 5.43 Å². The first-order chi connectivity index (χ1) is 11.2. The van der Waals surface area contributed by atoms with E-state index in [1.807, 2.05) is 5.43 Å². The second kappa shape index (κ2) is 6.76. The van der Waals surface area contributed by atoms with Crippen molar-refractivity contribution >= 4 is 23.2 Å². The van der Waals surface area contributed by atoms with Gasteiger partial charge in [-0.1, -0.05) is 11.6 Å². The maximum absolute atomic E-state index is 13.6. The first-order valence-electron chi connectivity index (χ1n) is 6.35. The van der Waals surface area contributed by atoms with Crippen molar-refractivity contribution in [2.24, 2.45) is 0 Å². The molecule has 9 heteroatoms. The van der Waals surface area contributed by atoms with Crippen LogP contribution in [0.25, 0.3) is 0 Å². The van der Waals surface area contributed by atoms with Gasteiger partial charge in [-0.15, -0.1) is 0 Å². The molecule has 0 bridgehead atoms. The first kappa shape index (κ1) is 17.6. The van der Waals surface area contributed by atoms with Gasteiger partial charge in [-0.2, -0.15) is 18.4 Å². The highest BCUT2D eigenvalue weighted by molar-refractivity contribution is 6.30. The molecule has 0 saturated heterocycles. The molecule has 2 N–H and O–H groups in total. The molecule has 0 aliphatic heterocycles. The Balaban J connectivity index is 2.23. The van der Waals surface area contributed by atoms with Crippen LogP contribution in [-0.2, 0) is 6.18 Å². The largest absolute Gasteiger partial charge is 0.418 e. The fourth-order valence-electron chi connectivity index (χ4n) is 1.82. The van der Waals surface area contributed by atoms with E-state index in [-0.39, 0.29) is 10.6 Å². The summed E-state index contributed by atoms with van der Waals surface area (Å²) in [6.07, 6.45) is -4.74. The van der Waals surface area contributed by atoms with Gasteiger partial charge in [-0.25, -0.2) is 4.39 Å². The van der Waals surface area contributed by atoms with E-state index in [2.05, 4.69) is 5.43 Å². The Labute approximate surface area is 138 Å². The van der Waals surface area contributed by atoms with Crippen LogP contribution in [0.1, 0.15) is 21.5 Å². The van der Waals surface area contributed by atoms with Crippen LogP contribution in [0.2, 0.25) is 5.02 Å². The van der Waals surface area contributed by atoms with E-state index < -0.39 is 34.7 Å². The number of carbonyl (C=O) groups is 1. The van der Waals surface area contributed by atoms with Gasteiger partial charge in [0, 0.05) is 5.02 Å². The number of hydrogen-bond acceptors (Lipinski definition) is 3. The van der Waals surface area contributed by atoms with Gasteiger partial charge in [0.2, 0.25) is 0 Å². The van der Waals surface area contributed by atoms with Crippen LogP contribution in [0, 0.1) is 17.1 Å². The molecule has 0 atom stereocenters. The highest BCUT2D eigenvalue weighted by atomic mass is 35.5. The third kappa shape index (κ3) is 3.94. The summed E-state index contributed by atoms with van der Waals surface area (Å²) in [4.78, 5) is 11.8. The molecule has 124 valence electrons. The number of anilines is 1. The molecule has 4 nitrogen and oxygen atoms in total. The van der Waals surface area contributed by atoms with Crippen LogP contribution in [0.15, 0.2) is 36.4 Å². The van der Waals surface area contributed by atoms with E-state index in [4.69, 9.17) is 16.9 Å². The lowest BCUT2D eigenvalue weighted by Crippen LogP contribution is -2.31. The molecule has 24 heavy (non-hydrogen) atoms. The molecule has 0 radical (unpaired) electrons. The molecule has 2 rings (SSSR count). The van der Waals surface area contributed by atoms with Crippen LogP contribution in [-0.4, -0.2) is 5.91 Å². The van der Waals surface area contributed by atoms with Crippen LogP contribution in [0.5, 0.6) is 0 Å². The maximum Gasteiger partial charge on any atom is 0.418 e. The van der Waals surface area contributed by atoms with Gasteiger partial charge in [0.05, 0.1) is 28.4 Å². The summed E-state index contributed by atoms with van der Waals surface area (Å²) in [5.41, 5.74) is 1.84. The Morgan fingerprint density at radius 1 is 1.17 bits per heavy atom. The molecule has 0 heterocycles. The lowest BCUT2D eigenvalue weighted by molar-refractivity contribution is -0.137. The Morgan fingerprint density at radius 2 is 1.88 bits per heavy atom. The SMILES string of the molecule is N#Cc1ccc(NNC(=O)c2ccc(Cl)cc2F)c(C(F)(F)F)c1. The highest BCUT2D eigenvalue weighted by Gasteiger charge is 2.34. The van der Waals surface area contributed by atoms with Crippen LogP contribution in [0.3, 0.4) is 0 Å². The van der Waals surface area contributed by atoms with Crippen molar-refractivity contribution in [3.05, 3.63) is 63.9 Å². The lowest BCUT2D eigenvalue weighted by atomic mass is 10.1. The van der Waals surface area contributed by atoms with Gasteiger partial charge in [0.25, 0.3) is 5.91 Å². The maximum atomic E-state index is 13.6. The summed E-state index contributed by atoms with van der Waals surface area (Å²) in [5.74, 6) is -1.90. The normalized spacial score (nSPS) is 10.8. The highest BCUT2D eigenvalue weighted by Crippen LogP contribution is 2.35. The zero-order valence-electron chi connectivity index (χ0n) is 11.7. The molecule has 0 aliphatic rings. The fraction of sp³-hybridized carbons (Fsp3) is 0.0667. The van der Waals surface area contributed by atoms with Crippen molar-refractivity contribution in [3.8, 4) is 6.07 Å². The number of hydrazine groups is 1. The molecule has 0 aromatic heterocycles. The molecule has 0 unspecified atom stereocenters.